The van der Waals surface area contributed by atoms with Crippen molar-refractivity contribution in [1.29, 1.82) is 0 Å². The van der Waals surface area contributed by atoms with Gasteiger partial charge >= 0.3 is 0 Å². The molecule has 4 rings (SSSR count). The van der Waals surface area contributed by atoms with Crippen LogP contribution in [0.4, 0.5) is 0 Å². The van der Waals surface area contributed by atoms with E-state index in [0.717, 1.165) is 59.3 Å². The van der Waals surface area contributed by atoms with E-state index in [1.807, 2.05) is 37.3 Å². The Morgan fingerprint density at radius 2 is 1.87 bits per heavy atom. The molecule has 8 heteroatoms. The van der Waals surface area contributed by atoms with E-state index in [1.165, 1.54) is 0 Å². The lowest BCUT2D eigenvalue weighted by Crippen LogP contribution is -2.48. The van der Waals surface area contributed by atoms with Crippen LogP contribution in [0, 0.1) is 6.92 Å². The monoisotopic (exact) mass is 465 g/mol. The molecule has 0 amide bonds. The van der Waals surface area contributed by atoms with Gasteiger partial charge in [0.2, 0.25) is 0 Å². The number of aromatic nitrogens is 1. The molecule has 0 bridgehead atoms. The molecule has 1 saturated heterocycles. The summed E-state index contributed by atoms with van der Waals surface area (Å²) in [5, 5.41) is 12.8. The van der Waals surface area contributed by atoms with E-state index < -0.39 is 6.10 Å². The normalized spacial score (nSPS) is 16.8. The fraction of sp³-hybridized carbons (Fsp3) is 0.409. The van der Waals surface area contributed by atoms with Crippen LogP contribution in [0.3, 0.4) is 0 Å². The molecule has 1 unspecified atom stereocenters. The molecule has 2 heterocycles. The molecule has 0 saturated carbocycles. The van der Waals surface area contributed by atoms with Crippen LogP contribution in [0.25, 0.3) is 10.2 Å². The first-order valence-electron chi connectivity index (χ1n) is 10.0. The first-order chi connectivity index (χ1) is 14.5. The largest absolute Gasteiger partial charge is 0.491 e. The van der Waals surface area contributed by atoms with Crippen LogP contribution in [0.5, 0.6) is 5.75 Å². The van der Waals surface area contributed by atoms with Crippen molar-refractivity contribution in [1.82, 2.24) is 14.8 Å². The van der Waals surface area contributed by atoms with Crippen molar-refractivity contribution in [2.75, 3.05) is 39.3 Å². The number of aliphatic hydroxyl groups is 1. The number of hydrogen-bond acceptors (Lipinski definition) is 6. The molecular weight excluding hydrogens is 441 g/mol. The standard InChI is InChI=1S/C22H25Cl2N3O2S/c1-15-25-21-11-19(4-5-22(21)30-15)29-14-18(28)13-27-8-6-26(7-9-27)12-16-2-3-17(23)10-20(16)24/h2-5,10-11,18,28H,6-9,12-14H2,1H3. The van der Waals surface area contributed by atoms with E-state index in [0.29, 0.717) is 16.6 Å². The Morgan fingerprint density at radius 1 is 1.10 bits per heavy atom. The third-order valence-corrected chi connectivity index (χ3v) is 6.79. The van der Waals surface area contributed by atoms with Gasteiger partial charge in [-0.1, -0.05) is 29.3 Å². The zero-order chi connectivity index (χ0) is 21.1. The van der Waals surface area contributed by atoms with Crippen molar-refractivity contribution in [3.8, 4) is 5.75 Å². The molecule has 0 radical (unpaired) electrons. The highest BCUT2D eigenvalue weighted by atomic mass is 35.5. The number of fused-ring (bicyclic) bond motifs is 1. The van der Waals surface area contributed by atoms with E-state index >= 15 is 0 Å². The SMILES string of the molecule is Cc1nc2cc(OCC(O)CN3CCN(Cc4ccc(Cl)cc4Cl)CC3)ccc2s1. The Bertz CT molecular complexity index is 1010. The van der Waals surface area contributed by atoms with Gasteiger partial charge in [-0.15, -0.1) is 11.3 Å². The molecule has 30 heavy (non-hydrogen) atoms. The number of nitrogens with zero attached hydrogens (tertiary/aromatic N) is 3. The Kier molecular flexibility index (Phi) is 7.13. The van der Waals surface area contributed by atoms with Crippen LogP contribution in [0.15, 0.2) is 36.4 Å². The third kappa shape index (κ3) is 5.63. The van der Waals surface area contributed by atoms with Gasteiger partial charge in [-0.3, -0.25) is 9.80 Å². The van der Waals surface area contributed by atoms with E-state index in [9.17, 15) is 5.11 Å². The van der Waals surface area contributed by atoms with Crippen molar-refractivity contribution in [3.63, 3.8) is 0 Å². The van der Waals surface area contributed by atoms with Gasteiger partial charge in [-0.25, -0.2) is 4.98 Å². The Balaban J connectivity index is 1.21. The highest BCUT2D eigenvalue weighted by Crippen LogP contribution is 2.26. The zero-order valence-corrected chi connectivity index (χ0v) is 19.2. The fourth-order valence-electron chi connectivity index (χ4n) is 3.68. The van der Waals surface area contributed by atoms with Gasteiger partial charge in [-0.05, 0) is 36.8 Å². The number of halogens is 2. The number of hydrogen-bond donors (Lipinski definition) is 1. The highest BCUT2D eigenvalue weighted by Gasteiger charge is 2.20. The molecule has 0 spiro atoms. The van der Waals surface area contributed by atoms with Gasteiger partial charge in [0.1, 0.15) is 18.5 Å². The van der Waals surface area contributed by atoms with Gasteiger partial charge in [0, 0.05) is 55.4 Å². The lowest BCUT2D eigenvalue weighted by atomic mass is 10.2. The Hall–Kier alpha value is -1.41. The molecule has 1 aromatic heterocycles. The first-order valence-corrected chi connectivity index (χ1v) is 11.6. The predicted octanol–water partition coefficient (Wildman–Crippen LogP) is 4.47. The minimum atomic E-state index is -0.532. The molecule has 0 aliphatic carbocycles. The molecule has 5 nitrogen and oxygen atoms in total. The van der Waals surface area contributed by atoms with E-state index in [-0.39, 0.29) is 6.61 Å². The quantitative estimate of drug-likeness (QED) is 0.557. The number of aryl methyl sites for hydroxylation is 1. The summed E-state index contributed by atoms with van der Waals surface area (Å²) >= 11 is 13.9. The maximum absolute atomic E-state index is 10.4. The van der Waals surface area contributed by atoms with Crippen molar-refractivity contribution in [3.05, 3.63) is 57.0 Å². The zero-order valence-electron chi connectivity index (χ0n) is 16.9. The number of benzene rings is 2. The van der Waals surface area contributed by atoms with Gasteiger partial charge in [0.15, 0.2) is 0 Å². The topological polar surface area (TPSA) is 48.8 Å². The average Bonchev–Trinajstić information content (AvgIpc) is 3.09. The molecule has 160 valence electrons. The predicted molar refractivity (Wildman–Crippen MR) is 124 cm³/mol. The lowest BCUT2D eigenvalue weighted by Gasteiger charge is -2.35. The van der Waals surface area contributed by atoms with Gasteiger partial charge in [-0.2, -0.15) is 0 Å². The summed E-state index contributed by atoms with van der Waals surface area (Å²) in [6.45, 7) is 7.38. The van der Waals surface area contributed by atoms with Crippen molar-refractivity contribution < 1.29 is 9.84 Å². The van der Waals surface area contributed by atoms with Crippen LogP contribution >= 0.6 is 34.5 Å². The molecule has 1 atom stereocenters. The number of ether oxygens (including phenoxy) is 1. The first kappa shape index (κ1) is 21.8. The number of piperazine rings is 1. The van der Waals surface area contributed by atoms with Gasteiger partial charge in [0.25, 0.3) is 0 Å². The van der Waals surface area contributed by atoms with Crippen LogP contribution in [-0.2, 0) is 6.54 Å². The summed E-state index contributed by atoms with van der Waals surface area (Å²) in [4.78, 5) is 9.14. The molecule has 3 aromatic rings. The lowest BCUT2D eigenvalue weighted by molar-refractivity contribution is 0.0446. The Morgan fingerprint density at radius 3 is 2.63 bits per heavy atom. The Labute approximate surface area is 190 Å². The summed E-state index contributed by atoms with van der Waals surface area (Å²) < 4.78 is 6.95. The molecule has 1 N–H and O–H groups in total. The minimum Gasteiger partial charge on any atom is -0.491 e. The third-order valence-electron chi connectivity index (χ3n) is 5.25. The maximum atomic E-state index is 10.4. The second-order valence-corrected chi connectivity index (χ2v) is 9.72. The summed E-state index contributed by atoms with van der Waals surface area (Å²) in [6, 6.07) is 11.6. The maximum Gasteiger partial charge on any atom is 0.121 e. The van der Waals surface area contributed by atoms with Gasteiger partial charge < -0.3 is 9.84 Å². The molecule has 1 aliphatic rings. The number of thiazole rings is 1. The summed E-state index contributed by atoms with van der Waals surface area (Å²) in [5.41, 5.74) is 2.04. The van der Waals surface area contributed by atoms with Crippen molar-refractivity contribution in [2.24, 2.45) is 0 Å². The second-order valence-electron chi connectivity index (χ2n) is 7.64. The smallest absolute Gasteiger partial charge is 0.121 e. The highest BCUT2D eigenvalue weighted by molar-refractivity contribution is 7.18. The molecular formula is C22H25Cl2N3O2S. The van der Waals surface area contributed by atoms with Crippen LogP contribution in [-0.4, -0.2) is 65.3 Å². The van der Waals surface area contributed by atoms with E-state index in [2.05, 4.69) is 14.8 Å². The number of β-amino-alcohol motifs (C(OH)–C–C–N with tert-alkyl or cyclic N) is 1. The minimum absolute atomic E-state index is 0.273. The molecule has 1 aliphatic heterocycles. The average molecular weight is 466 g/mol. The van der Waals surface area contributed by atoms with Crippen molar-refractivity contribution in [2.45, 2.75) is 19.6 Å². The van der Waals surface area contributed by atoms with E-state index in [1.54, 1.807) is 17.4 Å². The summed E-state index contributed by atoms with van der Waals surface area (Å²) in [5.74, 6) is 0.747. The number of rotatable bonds is 7. The van der Waals surface area contributed by atoms with E-state index in [4.69, 9.17) is 27.9 Å². The van der Waals surface area contributed by atoms with Crippen LogP contribution in [0.1, 0.15) is 10.6 Å². The fourth-order valence-corrected chi connectivity index (χ4v) is 4.95. The van der Waals surface area contributed by atoms with Crippen LogP contribution < -0.4 is 4.74 Å². The molecule has 2 aromatic carbocycles. The summed E-state index contributed by atoms with van der Waals surface area (Å²) in [7, 11) is 0. The summed E-state index contributed by atoms with van der Waals surface area (Å²) in [6.07, 6.45) is -0.532. The molecule has 1 fully saturated rings. The second kappa shape index (κ2) is 9.81. The van der Waals surface area contributed by atoms with Crippen molar-refractivity contribution >= 4 is 44.8 Å². The van der Waals surface area contributed by atoms with Crippen LogP contribution in [0.2, 0.25) is 10.0 Å². The van der Waals surface area contributed by atoms with Gasteiger partial charge in [0.05, 0.1) is 15.2 Å². The number of aliphatic hydroxyl groups excluding tert-OH is 1.